The number of hydrogen-bond acceptors (Lipinski definition) is 5. The molecule has 7 nitrogen and oxygen atoms in total. The number of anilines is 1. The lowest BCUT2D eigenvalue weighted by atomic mass is 10.2. The first kappa shape index (κ1) is 19.6. The van der Waals surface area contributed by atoms with E-state index in [1.54, 1.807) is 19.1 Å². The monoisotopic (exact) mass is 376 g/mol. The predicted octanol–water partition coefficient (Wildman–Crippen LogP) is 2.01. The highest BCUT2D eigenvalue weighted by Gasteiger charge is 2.18. The summed E-state index contributed by atoms with van der Waals surface area (Å²) in [6.45, 7) is 3.16. The van der Waals surface area contributed by atoms with Gasteiger partial charge in [0.25, 0.3) is 0 Å². The molecule has 0 unspecified atom stereocenters. The number of carbonyl (C=O) groups excluding carboxylic acids is 2. The molecule has 0 spiro atoms. The minimum absolute atomic E-state index is 0.137. The van der Waals surface area contributed by atoms with Crippen LogP contribution < -0.4 is 10.0 Å². The second kappa shape index (κ2) is 8.11. The van der Waals surface area contributed by atoms with Gasteiger partial charge in [0.05, 0.1) is 24.1 Å². The topological polar surface area (TPSA) is 102 Å². The van der Waals surface area contributed by atoms with E-state index in [1.807, 2.05) is 6.92 Å². The van der Waals surface area contributed by atoms with Crippen molar-refractivity contribution in [2.24, 2.45) is 0 Å². The van der Waals surface area contributed by atoms with Gasteiger partial charge in [-0.1, -0.05) is 17.7 Å². The number of benzene rings is 2. The van der Waals surface area contributed by atoms with Gasteiger partial charge in [-0.25, -0.2) is 17.9 Å². The fourth-order valence-corrected chi connectivity index (χ4v) is 3.56. The van der Waals surface area contributed by atoms with E-state index in [-0.39, 0.29) is 4.90 Å². The fourth-order valence-electron chi connectivity index (χ4n) is 2.35. The molecule has 0 aliphatic heterocycles. The largest absolute Gasteiger partial charge is 0.465 e. The lowest BCUT2D eigenvalue weighted by Gasteiger charge is -2.10. The molecule has 2 aromatic carbocycles. The van der Waals surface area contributed by atoms with Gasteiger partial charge in [-0.05, 0) is 49.7 Å². The number of aryl methyl sites for hydroxylation is 2. The third kappa shape index (κ3) is 4.90. The first-order chi connectivity index (χ1) is 12.2. The van der Waals surface area contributed by atoms with Gasteiger partial charge in [0.2, 0.25) is 15.9 Å². The van der Waals surface area contributed by atoms with Crippen LogP contribution >= 0.6 is 0 Å². The fraction of sp³-hybridized carbons (Fsp3) is 0.222. The number of nitrogens with one attached hydrogen (secondary N) is 2. The third-order valence-electron chi connectivity index (χ3n) is 3.63. The summed E-state index contributed by atoms with van der Waals surface area (Å²) >= 11 is 0. The first-order valence-corrected chi connectivity index (χ1v) is 9.26. The molecule has 0 aromatic heterocycles. The van der Waals surface area contributed by atoms with E-state index in [2.05, 4.69) is 14.8 Å². The molecule has 8 heteroatoms. The molecule has 2 N–H and O–H groups in total. The molecule has 1 amide bonds. The van der Waals surface area contributed by atoms with E-state index in [0.717, 1.165) is 5.56 Å². The zero-order chi connectivity index (χ0) is 19.3. The van der Waals surface area contributed by atoms with Gasteiger partial charge in [-0.2, -0.15) is 0 Å². The lowest BCUT2D eigenvalue weighted by Crippen LogP contribution is -2.33. The van der Waals surface area contributed by atoms with Crippen LogP contribution in [-0.4, -0.2) is 33.9 Å². The number of ether oxygens (including phenoxy) is 1. The second-order valence-electron chi connectivity index (χ2n) is 5.71. The van der Waals surface area contributed by atoms with Crippen LogP contribution in [0.15, 0.2) is 47.4 Å². The van der Waals surface area contributed by atoms with Gasteiger partial charge in [-0.3, -0.25) is 4.79 Å². The number of amides is 1. The molecule has 0 radical (unpaired) electrons. The van der Waals surface area contributed by atoms with E-state index in [4.69, 9.17) is 0 Å². The smallest absolute Gasteiger partial charge is 0.337 e. The Balaban J connectivity index is 1.98. The molecule has 0 atom stereocenters. The van der Waals surface area contributed by atoms with Crippen LogP contribution in [0.1, 0.15) is 21.5 Å². The van der Waals surface area contributed by atoms with Crippen molar-refractivity contribution in [3.05, 3.63) is 59.2 Å². The average Bonchev–Trinajstić information content (AvgIpc) is 2.60. The SMILES string of the molecule is COC(=O)c1ccc(NC(=O)CNS(=O)(=O)c2ccc(C)cc2C)cc1. The highest BCUT2D eigenvalue weighted by Crippen LogP contribution is 2.16. The van der Waals surface area contributed by atoms with Crippen molar-refractivity contribution in [3.63, 3.8) is 0 Å². The van der Waals surface area contributed by atoms with Crippen LogP contribution in [0.4, 0.5) is 5.69 Å². The number of sulfonamides is 1. The van der Waals surface area contributed by atoms with Crippen LogP contribution in [0.5, 0.6) is 0 Å². The van der Waals surface area contributed by atoms with E-state index in [9.17, 15) is 18.0 Å². The Kier molecular flexibility index (Phi) is 6.12. The van der Waals surface area contributed by atoms with Gasteiger partial charge in [0, 0.05) is 5.69 Å². The van der Waals surface area contributed by atoms with E-state index >= 15 is 0 Å². The van der Waals surface area contributed by atoms with Crippen molar-refractivity contribution < 1.29 is 22.7 Å². The van der Waals surface area contributed by atoms with Crippen molar-refractivity contribution in [2.75, 3.05) is 19.0 Å². The number of methoxy groups -OCH3 is 1. The molecule has 0 saturated carbocycles. The highest BCUT2D eigenvalue weighted by molar-refractivity contribution is 7.89. The van der Waals surface area contributed by atoms with Crippen LogP contribution in [0.3, 0.4) is 0 Å². The quantitative estimate of drug-likeness (QED) is 0.751. The maximum Gasteiger partial charge on any atom is 0.337 e. The summed E-state index contributed by atoms with van der Waals surface area (Å²) in [7, 11) is -2.51. The summed E-state index contributed by atoms with van der Waals surface area (Å²) in [5.41, 5.74) is 2.35. The van der Waals surface area contributed by atoms with E-state index in [1.165, 1.54) is 37.4 Å². The third-order valence-corrected chi connectivity index (χ3v) is 5.19. The Bertz CT molecular complexity index is 921. The lowest BCUT2D eigenvalue weighted by molar-refractivity contribution is -0.115. The van der Waals surface area contributed by atoms with Crippen LogP contribution in [0.2, 0.25) is 0 Å². The minimum atomic E-state index is -3.79. The predicted molar refractivity (Wildman–Crippen MR) is 97.5 cm³/mol. The van der Waals surface area contributed by atoms with Crippen molar-refractivity contribution in [2.45, 2.75) is 18.7 Å². The van der Waals surface area contributed by atoms with Crippen molar-refractivity contribution in [1.29, 1.82) is 0 Å². The average molecular weight is 376 g/mol. The Morgan fingerprint density at radius 3 is 2.27 bits per heavy atom. The summed E-state index contributed by atoms with van der Waals surface area (Å²) in [5.74, 6) is -1.01. The van der Waals surface area contributed by atoms with Crippen LogP contribution in [-0.2, 0) is 19.6 Å². The van der Waals surface area contributed by atoms with Crippen molar-refractivity contribution >= 4 is 27.6 Å². The molecule has 0 aliphatic rings. The first-order valence-electron chi connectivity index (χ1n) is 7.78. The molecule has 2 rings (SSSR count). The molecule has 138 valence electrons. The zero-order valence-corrected chi connectivity index (χ0v) is 15.5. The molecule has 0 heterocycles. The van der Waals surface area contributed by atoms with Gasteiger partial charge < -0.3 is 10.1 Å². The van der Waals surface area contributed by atoms with Crippen LogP contribution in [0, 0.1) is 13.8 Å². The Morgan fingerprint density at radius 2 is 1.69 bits per heavy atom. The summed E-state index contributed by atoms with van der Waals surface area (Å²) < 4.78 is 31.5. The molecule has 0 saturated heterocycles. The minimum Gasteiger partial charge on any atom is -0.465 e. The Hall–Kier alpha value is -2.71. The summed E-state index contributed by atoms with van der Waals surface area (Å²) in [6.07, 6.45) is 0. The summed E-state index contributed by atoms with van der Waals surface area (Å²) in [4.78, 5) is 23.5. The van der Waals surface area contributed by atoms with E-state index in [0.29, 0.717) is 16.8 Å². The Morgan fingerprint density at radius 1 is 1.04 bits per heavy atom. The molecule has 0 aliphatic carbocycles. The van der Waals surface area contributed by atoms with Gasteiger partial charge in [-0.15, -0.1) is 0 Å². The maximum absolute atomic E-state index is 12.3. The summed E-state index contributed by atoms with van der Waals surface area (Å²) in [6, 6.07) is 11.0. The molecular weight excluding hydrogens is 356 g/mol. The van der Waals surface area contributed by atoms with Gasteiger partial charge >= 0.3 is 5.97 Å². The van der Waals surface area contributed by atoms with Crippen molar-refractivity contribution in [1.82, 2.24) is 4.72 Å². The van der Waals surface area contributed by atoms with Gasteiger partial charge in [0.15, 0.2) is 0 Å². The normalized spacial score (nSPS) is 11.0. The summed E-state index contributed by atoms with van der Waals surface area (Å²) in [5, 5.41) is 2.56. The van der Waals surface area contributed by atoms with E-state index < -0.39 is 28.4 Å². The molecule has 26 heavy (non-hydrogen) atoms. The number of hydrogen-bond donors (Lipinski definition) is 2. The molecule has 2 aromatic rings. The Labute approximate surface area is 152 Å². The number of esters is 1. The highest BCUT2D eigenvalue weighted by atomic mass is 32.2. The van der Waals surface area contributed by atoms with Gasteiger partial charge in [0.1, 0.15) is 0 Å². The zero-order valence-electron chi connectivity index (χ0n) is 14.7. The molecule has 0 bridgehead atoms. The van der Waals surface area contributed by atoms with Crippen molar-refractivity contribution in [3.8, 4) is 0 Å². The number of carbonyl (C=O) groups is 2. The maximum atomic E-state index is 12.3. The standard InChI is InChI=1S/C18H20N2O5S/c1-12-4-9-16(13(2)10-12)26(23,24)19-11-17(21)20-15-7-5-14(6-8-15)18(22)25-3/h4-10,19H,11H2,1-3H3,(H,20,21). The molecule has 0 fully saturated rings. The van der Waals surface area contributed by atoms with Crippen LogP contribution in [0.25, 0.3) is 0 Å². The number of rotatable bonds is 6. The molecular formula is C18H20N2O5S. The second-order valence-corrected chi connectivity index (χ2v) is 7.45.